The predicted molar refractivity (Wildman–Crippen MR) is 62.7 cm³/mol. The summed E-state index contributed by atoms with van der Waals surface area (Å²) in [6.07, 6.45) is 3.05. The molecule has 1 aliphatic heterocycles. The molecule has 0 radical (unpaired) electrons. The molecule has 2 rings (SSSR count). The van der Waals surface area contributed by atoms with Gasteiger partial charge in [-0.15, -0.1) is 0 Å². The van der Waals surface area contributed by atoms with Gasteiger partial charge in [0, 0.05) is 12.1 Å². The highest BCUT2D eigenvalue weighted by Gasteiger charge is 2.18. The lowest BCUT2D eigenvalue weighted by atomic mass is 10.0. The zero-order valence-electron chi connectivity index (χ0n) is 9.22. The normalized spacial score (nSPS) is 20.1. The van der Waals surface area contributed by atoms with E-state index in [1.165, 1.54) is 19.6 Å². The van der Waals surface area contributed by atoms with Crippen molar-refractivity contribution >= 4 is 11.6 Å². The van der Waals surface area contributed by atoms with Crippen LogP contribution in [-0.2, 0) is 6.42 Å². The van der Waals surface area contributed by atoms with Crippen molar-refractivity contribution < 1.29 is 9.13 Å². The molecule has 1 heterocycles. The average molecular weight is 244 g/mol. The maximum absolute atomic E-state index is 13.5. The molecule has 0 aromatic heterocycles. The van der Waals surface area contributed by atoms with E-state index in [2.05, 4.69) is 5.32 Å². The van der Waals surface area contributed by atoms with E-state index in [0.717, 1.165) is 24.9 Å². The van der Waals surface area contributed by atoms with Gasteiger partial charge in [-0.05, 0) is 37.4 Å². The molecule has 1 saturated heterocycles. The van der Waals surface area contributed by atoms with Crippen LogP contribution in [0.1, 0.15) is 18.4 Å². The number of halogens is 2. The number of hydrogen-bond donors (Lipinski definition) is 1. The van der Waals surface area contributed by atoms with E-state index in [9.17, 15) is 4.39 Å². The number of ether oxygens (including phenoxy) is 1. The number of rotatable bonds is 3. The maximum atomic E-state index is 13.5. The molecular formula is C12H15ClFNO. The van der Waals surface area contributed by atoms with Crippen molar-refractivity contribution in [2.75, 3.05) is 13.7 Å². The van der Waals surface area contributed by atoms with Crippen molar-refractivity contribution in [3.63, 3.8) is 0 Å². The van der Waals surface area contributed by atoms with Crippen LogP contribution in [0, 0.1) is 5.82 Å². The first-order valence-corrected chi connectivity index (χ1v) is 5.84. The Kier molecular flexibility index (Phi) is 3.66. The van der Waals surface area contributed by atoms with Crippen LogP contribution in [0.25, 0.3) is 0 Å². The summed E-state index contributed by atoms with van der Waals surface area (Å²) in [5.74, 6) is 0.115. The molecule has 1 atom stereocenters. The SMILES string of the molecule is COc1cc(F)c(Cl)c(CC2CCCN2)c1. The number of benzene rings is 1. The highest BCUT2D eigenvalue weighted by atomic mass is 35.5. The lowest BCUT2D eigenvalue weighted by Crippen LogP contribution is -2.23. The molecule has 0 bridgehead atoms. The summed E-state index contributed by atoms with van der Waals surface area (Å²) in [5, 5.41) is 3.58. The van der Waals surface area contributed by atoms with Gasteiger partial charge in [0.05, 0.1) is 12.1 Å². The molecule has 16 heavy (non-hydrogen) atoms. The molecule has 0 aliphatic carbocycles. The molecule has 1 N–H and O–H groups in total. The smallest absolute Gasteiger partial charge is 0.145 e. The van der Waals surface area contributed by atoms with Crippen LogP contribution in [0.3, 0.4) is 0 Å². The quantitative estimate of drug-likeness (QED) is 0.882. The minimum atomic E-state index is -0.408. The summed E-state index contributed by atoms with van der Waals surface area (Å²) in [6, 6.07) is 3.53. The van der Waals surface area contributed by atoms with Crippen LogP contribution in [0.2, 0.25) is 5.02 Å². The van der Waals surface area contributed by atoms with Crippen LogP contribution in [-0.4, -0.2) is 19.7 Å². The molecule has 0 amide bonds. The van der Waals surface area contributed by atoms with Gasteiger partial charge in [-0.25, -0.2) is 4.39 Å². The Labute approximate surface area is 99.7 Å². The predicted octanol–water partition coefficient (Wildman–Crippen LogP) is 2.78. The Balaban J connectivity index is 2.20. The Bertz CT molecular complexity index is 378. The summed E-state index contributed by atoms with van der Waals surface area (Å²) < 4.78 is 18.5. The molecular weight excluding hydrogens is 229 g/mol. The van der Waals surface area contributed by atoms with Gasteiger partial charge in [-0.1, -0.05) is 11.6 Å². The van der Waals surface area contributed by atoms with E-state index in [0.29, 0.717) is 11.8 Å². The average Bonchev–Trinajstić information content (AvgIpc) is 2.77. The molecule has 88 valence electrons. The van der Waals surface area contributed by atoms with Crippen molar-refractivity contribution in [3.05, 3.63) is 28.5 Å². The van der Waals surface area contributed by atoms with Gasteiger partial charge >= 0.3 is 0 Å². The largest absolute Gasteiger partial charge is 0.497 e. The van der Waals surface area contributed by atoms with Crippen molar-refractivity contribution in [3.8, 4) is 5.75 Å². The number of nitrogens with one attached hydrogen (secondary N) is 1. The standard InChI is InChI=1S/C12H15ClFNO/c1-16-10-6-8(12(13)11(14)7-10)5-9-3-2-4-15-9/h6-7,9,15H,2-5H2,1H3. The minimum absolute atomic E-state index is 0.217. The van der Waals surface area contributed by atoms with Crippen molar-refractivity contribution in [2.24, 2.45) is 0 Å². The highest BCUT2D eigenvalue weighted by molar-refractivity contribution is 6.31. The molecule has 0 saturated carbocycles. The van der Waals surface area contributed by atoms with Crippen LogP contribution in [0.5, 0.6) is 5.75 Å². The van der Waals surface area contributed by atoms with E-state index >= 15 is 0 Å². The fourth-order valence-electron chi connectivity index (χ4n) is 2.08. The second-order valence-corrected chi connectivity index (χ2v) is 4.46. The van der Waals surface area contributed by atoms with Crippen LogP contribution >= 0.6 is 11.6 Å². The fourth-order valence-corrected chi connectivity index (χ4v) is 2.27. The summed E-state index contributed by atoms with van der Waals surface area (Å²) >= 11 is 5.94. The van der Waals surface area contributed by atoms with E-state index in [1.54, 1.807) is 0 Å². The fraction of sp³-hybridized carbons (Fsp3) is 0.500. The van der Waals surface area contributed by atoms with Crippen LogP contribution in [0.4, 0.5) is 4.39 Å². The molecule has 1 unspecified atom stereocenters. The molecule has 1 aromatic carbocycles. The van der Waals surface area contributed by atoms with Gasteiger partial charge in [0.15, 0.2) is 0 Å². The van der Waals surface area contributed by atoms with Gasteiger partial charge in [0.2, 0.25) is 0 Å². The molecule has 1 fully saturated rings. The Hall–Kier alpha value is -0.800. The molecule has 1 aliphatic rings. The first kappa shape index (κ1) is 11.7. The van der Waals surface area contributed by atoms with E-state index in [-0.39, 0.29) is 5.02 Å². The summed E-state index contributed by atoms with van der Waals surface area (Å²) in [6.45, 7) is 1.04. The van der Waals surface area contributed by atoms with Crippen molar-refractivity contribution in [2.45, 2.75) is 25.3 Å². The number of methoxy groups -OCH3 is 1. The molecule has 1 aromatic rings. The molecule has 0 spiro atoms. The summed E-state index contributed by atoms with van der Waals surface area (Å²) in [4.78, 5) is 0. The summed E-state index contributed by atoms with van der Waals surface area (Å²) in [5.41, 5.74) is 0.818. The van der Waals surface area contributed by atoms with Gasteiger partial charge < -0.3 is 10.1 Å². The Morgan fingerprint density at radius 3 is 3.00 bits per heavy atom. The van der Waals surface area contributed by atoms with Crippen LogP contribution in [0.15, 0.2) is 12.1 Å². The van der Waals surface area contributed by atoms with Gasteiger partial charge in [0.1, 0.15) is 11.6 Å². The third-order valence-corrected chi connectivity index (χ3v) is 3.36. The second-order valence-electron chi connectivity index (χ2n) is 4.08. The topological polar surface area (TPSA) is 21.3 Å². The Morgan fingerprint density at radius 1 is 1.56 bits per heavy atom. The van der Waals surface area contributed by atoms with Crippen molar-refractivity contribution in [1.29, 1.82) is 0 Å². The highest BCUT2D eigenvalue weighted by Crippen LogP contribution is 2.27. The maximum Gasteiger partial charge on any atom is 0.145 e. The minimum Gasteiger partial charge on any atom is -0.497 e. The lowest BCUT2D eigenvalue weighted by molar-refractivity contribution is 0.410. The monoisotopic (exact) mass is 243 g/mol. The first-order valence-electron chi connectivity index (χ1n) is 5.46. The Morgan fingerprint density at radius 2 is 2.38 bits per heavy atom. The third-order valence-electron chi connectivity index (χ3n) is 2.94. The number of hydrogen-bond acceptors (Lipinski definition) is 2. The van der Waals surface area contributed by atoms with E-state index < -0.39 is 5.82 Å². The zero-order chi connectivity index (χ0) is 11.5. The van der Waals surface area contributed by atoms with Gasteiger partial charge in [0.25, 0.3) is 0 Å². The van der Waals surface area contributed by atoms with Gasteiger partial charge in [-0.3, -0.25) is 0 Å². The molecule has 2 nitrogen and oxygen atoms in total. The summed E-state index contributed by atoms with van der Waals surface area (Å²) in [7, 11) is 1.53. The molecule has 4 heteroatoms. The van der Waals surface area contributed by atoms with Gasteiger partial charge in [-0.2, -0.15) is 0 Å². The van der Waals surface area contributed by atoms with Crippen LogP contribution < -0.4 is 10.1 Å². The van der Waals surface area contributed by atoms with Crippen molar-refractivity contribution in [1.82, 2.24) is 5.32 Å². The van der Waals surface area contributed by atoms with E-state index in [1.807, 2.05) is 6.07 Å². The second kappa shape index (κ2) is 5.02. The lowest BCUT2D eigenvalue weighted by Gasteiger charge is -2.13. The third kappa shape index (κ3) is 2.47. The zero-order valence-corrected chi connectivity index (χ0v) is 9.98. The first-order chi connectivity index (χ1) is 7.70. The van der Waals surface area contributed by atoms with E-state index in [4.69, 9.17) is 16.3 Å².